The van der Waals surface area contributed by atoms with Crippen LogP contribution in [0.2, 0.25) is 0 Å². The monoisotopic (exact) mass is 346 g/mol. The lowest BCUT2D eigenvalue weighted by molar-refractivity contribution is 0.484. The summed E-state index contributed by atoms with van der Waals surface area (Å²) in [5.41, 5.74) is 4.22. The average molecular weight is 347 g/mol. The van der Waals surface area contributed by atoms with Crippen molar-refractivity contribution in [3.63, 3.8) is 0 Å². The van der Waals surface area contributed by atoms with E-state index in [9.17, 15) is 0 Å². The molecule has 1 unspecified atom stereocenters. The predicted molar refractivity (Wildman–Crippen MR) is 95.0 cm³/mol. The van der Waals surface area contributed by atoms with Gasteiger partial charge in [0.25, 0.3) is 0 Å². The first-order chi connectivity index (χ1) is 10.2. The standard InChI is InChI=1S/C18H23BrN2/c1-2-3-4-5-6-7-18(21-20)16-9-8-15-13-17(19)11-10-14(15)12-16/h2,8-13,18,21H,1,3-7,20H2. The quantitative estimate of drug-likeness (QED) is 0.296. The Hall–Kier alpha value is -1.16. The molecule has 1 atom stereocenters. The highest BCUT2D eigenvalue weighted by Crippen LogP contribution is 2.25. The van der Waals surface area contributed by atoms with Gasteiger partial charge < -0.3 is 0 Å². The second-order valence-electron chi connectivity index (χ2n) is 5.40. The van der Waals surface area contributed by atoms with E-state index in [0.29, 0.717) is 0 Å². The minimum absolute atomic E-state index is 0.224. The number of allylic oxidation sites excluding steroid dienone is 1. The van der Waals surface area contributed by atoms with E-state index in [1.165, 1.54) is 35.6 Å². The molecule has 0 saturated heterocycles. The smallest absolute Gasteiger partial charge is 0.0460 e. The Balaban J connectivity index is 2.03. The molecule has 2 rings (SSSR count). The summed E-state index contributed by atoms with van der Waals surface area (Å²) >= 11 is 3.51. The van der Waals surface area contributed by atoms with Crippen LogP contribution in [-0.2, 0) is 0 Å². The van der Waals surface area contributed by atoms with Gasteiger partial charge in [0.15, 0.2) is 0 Å². The summed E-state index contributed by atoms with van der Waals surface area (Å²) in [4.78, 5) is 0. The fourth-order valence-electron chi connectivity index (χ4n) is 2.61. The molecule has 3 N–H and O–H groups in total. The van der Waals surface area contributed by atoms with Crippen LogP contribution in [0, 0.1) is 0 Å². The first kappa shape index (κ1) is 16.2. The molecule has 0 aliphatic heterocycles. The number of hydrazine groups is 1. The highest BCUT2D eigenvalue weighted by atomic mass is 79.9. The van der Waals surface area contributed by atoms with Gasteiger partial charge in [-0.2, -0.15) is 0 Å². The van der Waals surface area contributed by atoms with Gasteiger partial charge in [0.2, 0.25) is 0 Å². The van der Waals surface area contributed by atoms with Crippen molar-refractivity contribution in [2.75, 3.05) is 0 Å². The van der Waals surface area contributed by atoms with E-state index in [1.807, 2.05) is 6.08 Å². The van der Waals surface area contributed by atoms with Gasteiger partial charge in [0.1, 0.15) is 0 Å². The Bertz CT molecular complexity index is 595. The number of nitrogens with one attached hydrogen (secondary N) is 1. The second-order valence-corrected chi connectivity index (χ2v) is 6.31. The summed E-state index contributed by atoms with van der Waals surface area (Å²) in [6, 6.07) is 13.1. The molecule has 2 aromatic carbocycles. The van der Waals surface area contributed by atoms with Crippen molar-refractivity contribution < 1.29 is 0 Å². The Morgan fingerprint density at radius 1 is 1.10 bits per heavy atom. The van der Waals surface area contributed by atoms with Gasteiger partial charge in [-0.05, 0) is 53.8 Å². The molecule has 0 aliphatic carbocycles. The lowest BCUT2D eigenvalue weighted by atomic mass is 9.98. The van der Waals surface area contributed by atoms with Gasteiger partial charge >= 0.3 is 0 Å². The third-order valence-corrected chi connectivity index (χ3v) is 4.32. The van der Waals surface area contributed by atoms with E-state index in [-0.39, 0.29) is 6.04 Å². The van der Waals surface area contributed by atoms with Crippen molar-refractivity contribution in [1.29, 1.82) is 0 Å². The second kappa shape index (κ2) is 8.32. The van der Waals surface area contributed by atoms with Crippen LogP contribution >= 0.6 is 15.9 Å². The molecule has 0 aromatic heterocycles. The summed E-state index contributed by atoms with van der Waals surface area (Å²) in [7, 11) is 0. The van der Waals surface area contributed by atoms with Crippen molar-refractivity contribution in [3.05, 3.63) is 59.1 Å². The molecule has 3 heteroatoms. The molecular weight excluding hydrogens is 324 g/mol. The van der Waals surface area contributed by atoms with E-state index < -0.39 is 0 Å². The molecule has 0 amide bonds. The van der Waals surface area contributed by atoms with Gasteiger partial charge in [0.05, 0.1) is 0 Å². The molecule has 0 heterocycles. The van der Waals surface area contributed by atoms with E-state index in [4.69, 9.17) is 5.84 Å². The van der Waals surface area contributed by atoms with E-state index in [2.05, 4.69) is 64.3 Å². The zero-order valence-electron chi connectivity index (χ0n) is 12.3. The molecule has 112 valence electrons. The summed E-state index contributed by atoms with van der Waals surface area (Å²) in [6.45, 7) is 3.76. The summed E-state index contributed by atoms with van der Waals surface area (Å²) in [5.74, 6) is 5.74. The number of rotatable bonds is 8. The Kier molecular flexibility index (Phi) is 6.43. The van der Waals surface area contributed by atoms with Crippen LogP contribution in [0.15, 0.2) is 53.5 Å². The van der Waals surface area contributed by atoms with Crippen LogP contribution in [0.5, 0.6) is 0 Å². The molecule has 2 nitrogen and oxygen atoms in total. The number of hydrogen-bond acceptors (Lipinski definition) is 2. The number of benzene rings is 2. The molecular formula is C18H23BrN2. The number of unbranched alkanes of at least 4 members (excludes halogenated alkanes) is 3. The SMILES string of the molecule is C=CCCCCCC(NN)c1ccc2cc(Br)ccc2c1. The van der Waals surface area contributed by atoms with Gasteiger partial charge in [-0.3, -0.25) is 11.3 Å². The maximum atomic E-state index is 5.74. The Labute approximate surface area is 135 Å². The van der Waals surface area contributed by atoms with Gasteiger partial charge in [0, 0.05) is 10.5 Å². The lowest BCUT2D eigenvalue weighted by Crippen LogP contribution is -2.27. The summed E-state index contributed by atoms with van der Waals surface area (Å²) in [5, 5.41) is 2.50. The van der Waals surface area contributed by atoms with Crippen molar-refractivity contribution in [1.82, 2.24) is 5.43 Å². The van der Waals surface area contributed by atoms with Gasteiger partial charge in [-0.1, -0.05) is 53.0 Å². The van der Waals surface area contributed by atoms with Crippen LogP contribution in [0.4, 0.5) is 0 Å². The zero-order chi connectivity index (χ0) is 15.1. The fourth-order valence-corrected chi connectivity index (χ4v) is 2.99. The van der Waals surface area contributed by atoms with Gasteiger partial charge in [-0.25, -0.2) is 0 Å². The van der Waals surface area contributed by atoms with Crippen LogP contribution < -0.4 is 11.3 Å². The molecule has 2 aromatic rings. The number of fused-ring (bicyclic) bond motifs is 1. The third kappa shape index (κ3) is 4.67. The number of halogens is 1. The van der Waals surface area contributed by atoms with Crippen LogP contribution in [-0.4, -0.2) is 0 Å². The van der Waals surface area contributed by atoms with E-state index >= 15 is 0 Å². The molecule has 0 fully saturated rings. The Morgan fingerprint density at radius 3 is 2.62 bits per heavy atom. The lowest BCUT2D eigenvalue weighted by Gasteiger charge is -2.17. The molecule has 0 saturated carbocycles. The molecule has 0 radical (unpaired) electrons. The van der Waals surface area contributed by atoms with Crippen LogP contribution in [0.3, 0.4) is 0 Å². The summed E-state index contributed by atoms with van der Waals surface area (Å²) in [6.07, 6.45) is 7.78. The van der Waals surface area contributed by atoms with E-state index in [0.717, 1.165) is 17.3 Å². The van der Waals surface area contributed by atoms with E-state index in [1.54, 1.807) is 0 Å². The first-order valence-corrected chi connectivity index (χ1v) is 8.30. The molecule has 21 heavy (non-hydrogen) atoms. The largest absolute Gasteiger partial charge is 0.271 e. The van der Waals surface area contributed by atoms with Crippen molar-refractivity contribution in [2.24, 2.45) is 5.84 Å². The normalized spacial score (nSPS) is 12.5. The third-order valence-electron chi connectivity index (χ3n) is 3.83. The van der Waals surface area contributed by atoms with Crippen molar-refractivity contribution >= 4 is 26.7 Å². The highest BCUT2D eigenvalue weighted by molar-refractivity contribution is 9.10. The number of hydrogen-bond donors (Lipinski definition) is 2. The molecule has 0 spiro atoms. The molecule has 0 aliphatic rings. The zero-order valence-corrected chi connectivity index (χ0v) is 13.9. The van der Waals surface area contributed by atoms with Gasteiger partial charge in [-0.15, -0.1) is 6.58 Å². The highest BCUT2D eigenvalue weighted by Gasteiger charge is 2.09. The van der Waals surface area contributed by atoms with Crippen LogP contribution in [0.25, 0.3) is 10.8 Å². The van der Waals surface area contributed by atoms with Crippen LogP contribution in [0.1, 0.15) is 43.7 Å². The Morgan fingerprint density at radius 2 is 1.86 bits per heavy atom. The predicted octanol–water partition coefficient (Wildman–Crippen LogP) is 5.24. The first-order valence-electron chi connectivity index (χ1n) is 7.51. The maximum absolute atomic E-state index is 5.74. The summed E-state index contributed by atoms with van der Waals surface area (Å²) < 4.78 is 1.11. The number of nitrogens with two attached hydrogens (primary N) is 1. The minimum atomic E-state index is 0.224. The van der Waals surface area contributed by atoms with Crippen molar-refractivity contribution in [3.8, 4) is 0 Å². The maximum Gasteiger partial charge on any atom is 0.0460 e. The average Bonchev–Trinajstić information content (AvgIpc) is 2.50. The topological polar surface area (TPSA) is 38.0 Å². The fraction of sp³-hybridized carbons (Fsp3) is 0.333. The minimum Gasteiger partial charge on any atom is -0.271 e. The molecule has 0 bridgehead atoms. The van der Waals surface area contributed by atoms with Crippen molar-refractivity contribution in [2.45, 2.75) is 38.1 Å².